The van der Waals surface area contributed by atoms with Gasteiger partial charge in [0.15, 0.2) is 0 Å². The highest BCUT2D eigenvalue weighted by Gasteiger charge is 2.32. The van der Waals surface area contributed by atoms with Gasteiger partial charge in [-0.3, -0.25) is 13.9 Å². The standard InChI is InChI=1S/C30H36FN3O4S/c1-6-32-30(36)23(5)33(19-25-9-7-8-10-28(25)31)29(35)20-34(26-15-13-24(14-16-26)21(2)3)39(37,38)27-17-11-22(4)12-18-27/h7-18,21,23H,6,19-20H2,1-5H3,(H,32,36). The van der Waals surface area contributed by atoms with Gasteiger partial charge in [-0.25, -0.2) is 12.8 Å². The summed E-state index contributed by atoms with van der Waals surface area (Å²) < 4.78 is 43.3. The molecule has 0 heterocycles. The second-order valence-corrected chi connectivity index (χ2v) is 11.6. The third kappa shape index (κ3) is 7.23. The zero-order valence-electron chi connectivity index (χ0n) is 23.0. The minimum absolute atomic E-state index is 0.0336. The highest BCUT2D eigenvalue weighted by atomic mass is 32.2. The molecule has 9 heteroatoms. The number of carbonyl (C=O) groups is 2. The van der Waals surface area contributed by atoms with Crippen LogP contribution in [0, 0.1) is 12.7 Å². The first kappa shape index (κ1) is 29.8. The summed E-state index contributed by atoms with van der Waals surface area (Å²) >= 11 is 0. The van der Waals surface area contributed by atoms with Gasteiger partial charge in [-0.15, -0.1) is 0 Å². The van der Waals surface area contributed by atoms with Crippen LogP contribution in [0.15, 0.2) is 77.7 Å². The summed E-state index contributed by atoms with van der Waals surface area (Å²) in [5.74, 6) is -1.35. The number of sulfonamides is 1. The van der Waals surface area contributed by atoms with E-state index in [4.69, 9.17) is 0 Å². The summed E-state index contributed by atoms with van der Waals surface area (Å²) in [5, 5.41) is 2.69. The number of nitrogens with one attached hydrogen (secondary N) is 1. The zero-order chi connectivity index (χ0) is 28.7. The second kappa shape index (κ2) is 12.9. The summed E-state index contributed by atoms with van der Waals surface area (Å²) in [6.45, 7) is 8.78. The molecule has 0 fully saturated rings. The third-order valence-corrected chi connectivity index (χ3v) is 8.34. The molecule has 3 aromatic carbocycles. The van der Waals surface area contributed by atoms with Gasteiger partial charge >= 0.3 is 0 Å². The van der Waals surface area contributed by atoms with Gasteiger partial charge in [0.05, 0.1) is 10.6 Å². The predicted molar refractivity (Wildman–Crippen MR) is 151 cm³/mol. The lowest BCUT2D eigenvalue weighted by molar-refractivity contribution is -0.139. The van der Waals surface area contributed by atoms with Crippen molar-refractivity contribution in [3.63, 3.8) is 0 Å². The molecular weight excluding hydrogens is 517 g/mol. The number of benzene rings is 3. The van der Waals surface area contributed by atoms with Crippen LogP contribution in [0.25, 0.3) is 0 Å². The molecule has 1 N–H and O–H groups in total. The van der Waals surface area contributed by atoms with Gasteiger partial charge in [0, 0.05) is 18.7 Å². The first-order valence-corrected chi connectivity index (χ1v) is 14.4. The normalized spacial score (nSPS) is 12.2. The van der Waals surface area contributed by atoms with Crippen LogP contribution < -0.4 is 9.62 Å². The molecule has 0 bridgehead atoms. The number of aryl methyl sites for hydroxylation is 1. The minimum Gasteiger partial charge on any atom is -0.355 e. The number of likely N-dealkylation sites (N-methyl/N-ethyl adjacent to an activating group) is 1. The van der Waals surface area contributed by atoms with Gasteiger partial charge in [0.1, 0.15) is 18.4 Å². The van der Waals surface area contributed by atoms with E-state index in [-0.39, 0.29) is 22.9 Å². The molecule has 0 spiro atoms. The lowest BCUT2D eigenvalue weighted by Crippen LogP contribution is -2.51. The van der Waals surface area contributed by atoms with Gasteiger partial charge < -0.3 is 10.2 Å². The Hall–Kier alpha value is -3.72. The van der Waals surface area contributed by atoms with Gasteiger partial charge in [-0.05, 0) is 62.6 Å². The summed E-state index contributed by atoms with van der Waals surface area (Å²) in [6, 6.07) is 18.4. The molecule has 0 aromatic heterocycles. The first-order valence-electron chi connectivity index (χ1n) is 13.0. The van der Waals surface area contributed by atoms with E-state index in [1.165, 1.54) is 35.2 Å². The van der Waals surface area contributed by atoms with E-state index >= 15 is 0 Å². The zero-order valence-corrected chi connectivity index (χ0v) is 23.8. The topological polar surface area (TPSA) is 86.8 Å². The predicted octanol–water partition coefficient (Wildman–Crippen LogP) is 5.01. The fourth-order valence-electron chi connectivity index (χ4n) is 4.11. The van der Waals surface area contributed by atoms with Gasteiger partial charge in [-0.1, -0.05) is 61.9 Å². The number of hydrogen-bond acceptors (Lipinski definition) is 4. The molecule has 3 rings (SSSR count). The van der Waals surface area contributed by atoms with Crippen molar-refractivity contribution >= 4 is 27.5 Å². The van der Waals surface area contributed by atoms with Crippen LogP contribution in [-0.4, -0.2) is 44.3 Å². The summed E-state index contributed by atoms with van der Waals surface area (Å²) in [7, 11) is -4.16. The van der Waals surface area contributed by atoms with Crippen LogP contribution >= 0.6 is 0 Å². The number of nitrogens with zero attached hydrogens (tertiary/aromatic N) is 2. The molecule has 39 heavy (non-hydrogen) atoms. The molecule has 7 nitrogen and oxygen atoms in total. The average Bonchev–Trinajstić information content (AvgIpc) is 2.91. The van der Waals surface area contributed by atoms with Crippen molar-refractivity contribution in [2.24, 2.45) is 0 Å². The second-order valence-electron chi connectivity index (χ2n) is 9.75. The largest absolute Gasteiger partial charge is 0.355 e. The van der Waals surface area contributed by atoms with Crippen molar-refractivity contribution in [2.45, 2.75) is 58.0 Å². The van der Waals surface area contributed by atoms with E-state index < -0.39 is 40.2 Å². The molecular formula is C30H36FN3O4S. The smallest absolute Gasteiger partial charge is 0.264 e. The van der Waals surface area contributed by atoms with Crippen LogP contribution in [0.5, 0.6) is 0 Å². The van der Waals surface area contributed by atoms with Crippen molar-refractivity contribution in [1.29, 1.82) is 0 Å². The maximum absolute atomic E-state index is 14.6. The van der Waals surface area contributed by atoms with E-state index in [0.717, 1.165) is 15.4 Å². The lowest BCUT2D eigenvalue weighted by Gasteiger charge is -2.32. The Bertz CT molecular complexity index is 1390. The Balaban J connectivity index is 2.05. The molecule has 0 aliphatic carbocycles. The number of amides is 2. The van der Waals surface area contributed by atoms with Crippen molar-refractivity contribution in [3.8, 4) is 0 Å². The van der Waals surface area contributed by atoms with E-state index in [1.54, 1.807) is 44.2 Å². The van der Waals surface area contributed by atoms with Crippen molar-refractivity contribution in [2.75, 3.05) is 17.4 Å². The monoisotopic (exact) mass is 553 g/mol. The molecule has 0 aliphatic rings. The quantitative estimate of drug-likeness (QED) is 0.362. The Morgan fingerprint density at radius 2 is 1.54 bits per heavy atom. The van der Waals surface area contributed by atoms with Gasteiger partial charge in [-0.2, -0.15) is 0 Å². The van der Waals surface area contributed by atoms with E-state index in [0.29, 0.717) is 12.2 Å². The Kier molecular flexibility index (Phi) is 9.86. The number of hydrogen-bond donors (Lipinski definition) is 1. The molecule has 3 aromatic rings. The number of rotatable bonds is 11. The Morgan fingerprint density at radius 3 is 2.10 bits per heavy atom. The highest BCUT2D eigenvalue weighted by molar-refractivity contribution is 7.92. The summed E-state index contributed by atoms with van der Waals surface area (Å²) in [6.07, 6.45) is 0. The van der Waals surface area contributed by atoms with Crippen LogP contribution in [0.3, 0.4) is 0 Å². The van der Waals surface area contributed by atoms with E-state index in [1.807, 2.05) is 32.9 Å². The molecule has 0 saturated heterocycles. The maximum atomic E-state index is 14.6. The Morgan fingerprint density at radius 1 is 0.923 bits per heavy atom. The highest BCUT2D eigenvalue weighted by Crippen LogP contribution is 2.27. The van der Waals surface area contributed by atoms with E-state index in [9.17, 15) is 22.4 Å². The first-order chi connectivity index (χ1) is 18.4. The molecule has 1 atom stereocenters. The summed E-state index contributed by atoms with van der Waals surface area (Å²) in [5.41, 5.74) is 2.44. The summed E-state index contributed by atoms with van der Waals surface area (Å²) in [4.78, 5) is 27.8. The fourth-order valence-corrected chi connectivity index (χ4v) is 5.52. The molecule has 1 unspecified atom stereocenters. The molecule has 208 valence electrons. The van der Waals surface area contributed by atoms with Crippen LogP contribution in [0.4, 0.5) is 10.1 Å². The van der Waals surface area contributed by atoms with Crippen molar-refractivity contribution < 1.29 is 22.4 Å². The number of carbonyl (C=O) groups excluding carboxylic acids is 2. The van der Waals surface area contributed by atoms with Crippen LogP contribution in [0.1, 0.15) is 50.3 Å². The van der Waals surface area contributed by atoms with Crippen LogP contribution in [-0.2, 0) is 26.2 Å². The van der Waals surface area contributed by atoms with E-state index in [2.05, 4.69) is 5.32 Å². The minimum atomic E-state index is -4.16. The van der Waals surface area contributed by atoms with Gasteiger partial charge in [0.25, 0.3) is 10.0 Å². The number of halogens is 1. The lowest BCUT2D eigenvalue weighted by atomic mass is 10.0. The average molecular weight is 554 g/mol. The SMILES string of the molecule is CCNC(=O)C(C)N(Cc1ccccc1F)C(=O)CN(c1ccc(C(C)C)cc1)S(=O)(=O)c1ccc(C)cc1. The van der Waals surface area contributed by atoms with Crippen molar-refractivity contribution in [3.05, 3.63) is 95.3 Å². The van der Waals surface area contributed by atoms with Gasteiger partial charge in [0.2, 0.25) is 11.8 Å². The number of anilines is 1. The molecule has 0 saturated carbocycles. The van der Waals surface area contributed by atoms with Crippen LogP contribution in [0.2, 0.25) is 0 Å². The molecule has 0 aliphatic heterocycles. The third-order valence-electron chi connectivity index (χ3n) is 6.55. The maximum Gasteiger partial charge on any atom is 0.264 e. The molecule has 2 amide bonds. The molecule has 0 radical (unpaired) electrons. The fraction of sp³-hybridized carbons (Fsp3) is 0.333. The Labute approximate surface area is 230 Å². The van der Waals surface area contributed by atoms with Crippen molar-refractivity contribution in [1.82, 2.24) is 10.2 Å².